The lowest BCUT2D eigenvalue weighted by molar-refractivity contribution is 0.0957. The van der Waals surface area contributed by atoms with Crippen LogP contribution in [-0.2, 0) is 72.3 Å². The minimum atomic E-state index is -2.41. The third-order valence-electron chi connectivity index (χ3n) is 23.1. The van der Waals surface area contributed by atoms with E-state index in [2.05, 4.69) is 136 Å². The first-order valence-corrected chi connectivity index (χ1v) is 57.6. The molecule has 38 nitrogen and oxygen atoms in total. The highest BCUT2D eigenvalue weighted by molar-refractivity contribution is 7.94. The van der Waals surface area contributed by atoms with Gasteiger partial charge in [0.1, 0.15) is 56.1 Å². The maximum absolute atomic E-state index is 12.9. The number of halogens is 3. The van der Waals surface area contributed by atoms with Crippen LogP contribution in [-0.4, -0.2) is 297 Å². The van der Waals surface area contributed by atoms with Gasteiger partial charge in [-0.25, -0.2) is 95.8 Å². The largest absolute Gasteiger partial charge is 0.384 e. The fourth-order valence-corrected chi connectivity index (χ4v) is 22.7. The molecule has 10 aromatic rings. The summed E-state index contributed by atoms with van der Waals surface area (Å²) in [5, 5.41) is 4.23. The fourth-order valence-electron chi connectivity index (χ4n) is 15.9. The van der Waals surface area contributed by atoms with E-state index in [9.17, 15) is 25.8 Å². The predicted octanol–water partition coefficient (Wildman–Crippen LogP) is 14.7. The van der Waals surface area contributed by atoms with Crippen LogP contribution >= 0.6 is 34.8 Å². The van der Waals surface area contributed by atoms with Gasteiger partial charge in [-0.2, -0.15) is 21.8 Å². The normalized spacial score (nSPS) is 20.2. The Morgan fingerprint density at radius 2 is 0.561 bits per heavy atom. The van der Waals surface area contributed by atoms with Gasteiger partial charge in [0.15, 0.2) is 58.2 Å². The van der Waals surface area contributed by atoms with Crippen molar-refractivity contribution in [2.24, 2.45) is 21.8 Å². The SMILES string of the molecule is CNC(=O)c1cc(-c2nc(N=S(C)(C)=O)cc(N3CCOC[C@H]3C)n2)cc(C)n1.Cc1cc(-c2nc(N=S(C)(=O)C3CC3)cc(N3CCOC[C@H]3C)n2)cc(Cl)n1.Cc1cc(-c2nc(N=S(C)(C)=O)cc(N3CCOC[C@H]3C)n2)cc(N)n1.Cc1cc(-c2nc(N=[S@@](C)(=O)C3CC3)cc(N3CCOC[C@H]3C)n2)cc(Cl)n1.Cc1cc(-c2nc(N=[S@](C)(=O)C3CC3)cc(N3CCOC[C@H]3C)n2)cc(Cl)n1. The van der Waals surface area contributed by atoms with Gasteiger partial charge in [0.2, 0.25) is 0 Å². The average molecular weight is 2060 g/mol. The number of nitrogen functional groups attached to an aromatic ring is 1. The maximum atomic E-state index is 12.9. The number of carbonyl (C=O) groups excluding carboxylic acids is 1. The molecule has 0 bridgehead atoms. The molecule has 46 heteroatoms. The molecule has 18 rings (SSSR count). The Morgan fingerprint density at radius 1 is 0.331 bits per heavy atom. The maximum Gasteiger partial charge on any atom is 0.269 e. The summed E-state index contributed by atoms with van der Waals surface area (Å²) in [5.41, 5.74) is 13.7. The number of nitrogens with zero attached hydrogens (tertiary/aromatic N) is 25. The number of nitrogens with one attached hydrogen (secondary N) is 1. The molecule has 3 saturated carbocycles. The quantitative estimate of drug-likeness (QED) is 0.0710. The van der Waals surface area contributed by atoms with Gasteiger partial charge < -0.3 is 59.2 Å². The molecule has 0 spiro atoms. The molecule has 15 heterocycles. The number of morpholine rings is 5. The van der Waals surface area contributed by atoms with Crippen molar-refractivity contribution in [1.29, 1.82) is 0 Å². The van der Waals surface area contributed by atoms with Crippen molar-refractivity contribution in [1.82, 2.24) is 80.1 Å². The van der Waals surface area contributed by atoms with E-state index < -0.39 is 48.6 Å². The summed E-state index contributed by atoms with van der Waals surface area (Å²) >= 11 is 18.4. The van der Waals surface area contributed by atoms with Crippen molar-refractivity contribution in [2.75, 3.05) is 180 Å². The number of ether oxygens (including phenoxy) is 5. The van der Waals surface area contributed by atoms with E-state index in [1.165, 1.54) is 0 Å². The van der Waals surface area contributed by atoms with E-state index in [1.807, 2.05) is 76.2 Å². The van der Waals surface area contributed by atoms with Crippen LogP contribution < -0.4 is 35.6 Å². The number of carbonyl (C=O) groups is 1. The summed E-state index contributed by atoms with van der Waals surface area (Å²) in [6.45, 7) is 29.6. The Hall–Kier alpha value is -10.2. The van der Waals surface area contributed by atoms with Crippen LogP contribution in [0.2, 0.25) is 15.5 Å². The van der Waals surface area contributed by atoms with Gasteiger partial charge in [0, 0.05) is 205 Å². The second-order valence-electron chi connectivity index (χ2n) is 36.5. The molecular weight excluding hydrogens is 1940 g/mol. The summed E-state index contributed by atoms with van der Waals surface area (Å²) in [6, 6.07) is 27.8. The van der Waals surface area contributed by atoms with E-state index in [0.29, 0.717) is 169 Å². The minimum Gasteiger partial charge on any atom is -0.384 e. The third kappa shape index (κ3) is 29.3. The number of hydrogen-bond donors (Lipinski definition) is 2. The van der Waals surface area contributed by atoms with E-state index in [1.54, 1.807) is 100 Å². The first-order chi connectivity index (χ1) is 65.8. The standard InChI is InChI=1S/3C19H24ClN5O2S.C19H26N6O3S.C17H24N6O2S/c3*1-12-8-14(9-16(20)21-12)19-22-17(24-28(3,26)15-4-5-15)10-18(23-19)25-6-7-27-11-13(25)2;1-12-8-14(9-15(21-12)19(26)20-3)18-22-16(24-29(4,5)27)10-17(23-18)25-6-7-28-11-13(25)2;1-11-7-13(8-14(18)19-11)17-20-15(22-26(3,4)24)9-16(21-17)23-5-6-25-10-12(23)2/h3*8-10,13,15H,4-7,11H2,1-3H3;8-10,13H,6-7,11H2,1-5H3,(H,20,26);7-9,12H,5-6,10H2,1-4H3,(H2,18,19)/t13-,28?;13-,28+;13-,28-;13-;12-/m11111/s1. The van der Waals surface area contributed by atoms with Crippen LogP contribution in [0.25, 0.3) is 56.9 Å². The van der Waals surface area contributed by atoms with Crippen LogP contribution in [0.15, 0.2) is 113 Å². The fraction of sp³-hybridized carbons (Fsp3) is 0.505. The van der Waals surface area contributed by atoms with Gasteiger partial charge in [-0.1, -0.05) is 34.8 Å². The number of aromatic nitrogens is 15. The molecule has 1 unspecified atom stereocenters. The second-order valence-corrected chi connectivity index (χ2v) is 50.4. The third-order valence-corrected chi connectivity index (χ3v) is 31.7. The molecule has 5 aliphatic heterocycles. The molecule has 5 saturated heterocycles. The number of anilines is 6. The van der Waals surface area contributed by atoms with Gasteiger partial charge in [-0.05, 0) is 168 Å². The van der Waals surface area contributed by atoms with Crippen molar-refractivity contribution >= 4 is 153 Å². The first-order valence-electron chi connectivity index (χ1n) is 45.9. The molecule has 10 aromatic heterocycles. The molecule has 139 heavy (non-hydrogen) atoms. The molecule has 8 fully saturated rings. The lowest BCUT2D eigenvalue weighted by Gasteiger charge is -2.34. The molecule has 3 aliphatic carbocycles. The molecule has 0 radical (unpaired) electrons. The van der Waals surface area contributed by atoms with Crippen LogP contribution in [0.5, 0.6) is 0 Å². The molecule has 3 N–H and O–H groups in total. The summed E-state index contributed by atoms with van der Waals surface area (Å²) in [4.78, 5) is 90.5. The first kappa shape index (κ1) is 105. The highest BCUT2D eigenvalue weighted by Crippen LogP contribution is 2.40. The molecule has 746 valence electrons. The van der Waals surface area contributed by atoms with Gasteiger partial charge in [-0.15, -0.1) is 0 Å². The highest BCUT2D eigenvalue weighted by Gasteiger charge is 2.36. The lowest BCUT2D eigenvalue weighted by Crippen LogP contribution is -2.44. The predicted molar refractivity (Wildman–Crippen MR) is 553 cm³/mol. The zero-order chi connectivity index (χ0) is 99.7. The summed E-state index contributed by atoms with van der Waals surface area (Å²) in [6.07, 6.45) is 17.2. The molecular formula is C93H122Cl3N27O11S5. The number of pyridine rings is 5. The lowest BCUT2D eigenvalue weighted by atomic mass is 10.1. The highest BCUT2D eigenvalue weighted by atomic mass is 35.5. The molecule has 0 aromatic carbocycles. The number of hydrogen-bond acceptors (Lipinski definition) is 37. The Morgan fingerprint density at radius 3 is 0.784 bits per heavy atom. The van der Waals surface area contributed by atoms with Crippen molar-refractivity contribution in [3.05, 3.63) is 141 Å². The topological polar surface area (TPSA) is 458 Å². The Bertz CT molecular complexity index is 6440. The number of nitrogens with two attached hydrogens (primary N) is 1. The van der Waals surface area contributed by atoms with Gasteiger partial charge in [0.05, 0.1) is 125 Å². The van der Waals surface area contributed by atoms with E-state index in [4.69, 9.17) is 89.1 Å². The van der Waals surface area contributed by atoms with Gasteiger partial charge in [0.25, 0.3) is 5.91 Å². The smallest absolute Gasteiger partial charge is 0.269 e. The average Bonchev–Trinajstić information content (AvgIpc) is 1.50. The molecule has 8 atom stereocenters. The van der Waals surface area contributed by atoms with Gasteiger partial charge >= 0.3 is 0 Å². The summed E-state index contributed by atoms with van der Waals surface area (Å²) in [7, 11) is -10.1. The number of aryl methyl sites for hydroxylation is 5. The van der Waals surface area contributed by atoms with Crippen molar-refractivity contribution in [2.45, 2.75) is 154 Å². The van der Waals surface area contributed by atoms with Crippen molar-refractivity contribution < 1.29 is 49.5 Å². The number of rotatable bonds is 19. The zero-order valence-electron chi connectivity index (χ0n) is 81.6. The van der Waals surface area contributed by atoms with E-state index >= 15 is 0 Å². The van der Waals surface area contributed by atoms with E-state index in [-0.39, 0.29) is 57.6 Å². The molecule has 1 amide bonds. The van der Waals surface area contributed by atoms with E-state index in [0.717, 1.165) is 133 Å². The Kier molecular flexibility index (Phi) is 33.9. The van der Waals surface area contributed by atoms with Crippen LogP contribution in [0, 0.1) is 34.6 Å². The summed E-state index contributed by atoms with van der Waals surface area (Å²) in [5.74, 6) is 8.31. The minimum absolute atomic E-state index is 0.132. The second kappa shape index (κ2) is 45.0. The van der Waals surface area contributed by atoms with Crippen molar-refractivity contribution in [3.63, 3.8) is 0 Å². The Labute approximate surface area is 829 Å². The zero-order valence-corrected chi connectivity index (χ0v) is 87.9. The van der Waals surface area contributed by atoms with Crippen molar-refractivity contribution in [3.8, 4) is 56.9 Å². The molecule has 8 aliphatic rings. The van der Waals surface area contributed by atoms with Gasteiger partial charge in [-0.3, -0.25) is 4.79 Å². The summed E-state index contributed by atoms with van der Waals surface area (Å²) < 4.78 is 113. The van der Waals surface area contributed by atoms with Crippen LogP contribution in [0.3, 0.4) is 0 Å². The number of amides is 1. The van der Waals surface area contributed by atoms with Crippen LogP contribution in [0.4, 0.5) is 64.0 Å². The van der Waals surface area contributed by atoms with Crippen LogP contribution in [0.1, 0.15) is 112 Å². The monoisotopic (exact) mass is 2060 g/mol. The Balaban J connectivity index is 0.000000139.